The molecule has 0 saturated heterocycles. The second-order valence-corrected chi connectivity index (χ2v) is 4.49. The van der Waals surface area contributed by atoms with Gasteiger partial charge in [0.2, 0.25) is 0 Å². The summed E-state index contributed by atoms with van der Waals surface area (Å²) in [7, 11) is 1.49. The number of alkyl halides is 1. The lowest BCUT2D eigenvalue weighted by Crippen LogP contribution is -1.95. The maximum atomic E-state index is 13.7. The Balaban J connectivity index is 2.40. The van der Waals surface area contributed by atoms with E-state index >= 15 is 0 Å². The number of methoxy groups -OCH3 is 1. The monoisotopic (exact) mass is 335 g/mol. The summed E-state index contributed by atoms with van der Waals surface area (Å²) in [6.07, 6.45) is 0. The number of hydrogen-bond acceptors (Lipinski definition) is 3. The van der Waals surface area contributed by atoms with Gasteiger partial charge in [-0.05, 0) is 24.3 Å². The molecule has 0 N–H and O–H groups in total. The number of nitriles is 1. The number of nitrogens with zero attached hydrogens (tertiary/aromatic N) is 1. The van der Waals surface area contributed by atoms with E-state index in [1.54, 1.807) is 30.3 Å². The van der Waals surface area contributed by atoms with E-state index in [1.807, 2.05) is 6.07 Å². The van der Waals surface area contributed by atoms with E-state index in [-0.39, 0.29) is 5.82 Å². The predicted molar refractivity (Wildman–Crippen MR) is 76.8 cm³/mol. The van der Waals surface area contributed by atoms with Crippen LogP contribution in [0, 0.1) is 17.1 Å². The Kier molecular flexibility index (Phi) is 4.59. The average Bonchev–Trinajstić information content (AvgIpc) is 2.48. The molecule has 0 fully saturated rings. The standard InChI is InChI=1S/C15H11BrFNO2/c1-19-15-7-10(9-18)5-6-14(15)20-13-4-2-3-12(17)11(13)8-16/h2-7H,8H2,1H3. The molecule has 0 aliphatic rings. The molecule has 0 unspecified atom stereocenters. The smallest absolute Gasteiger partial charge is 0.169 e. The van der Waals surface area contributed by atoms with Crippen molar-refractivity contribution in [2.45, 2.75) is 5.33 Å². The Hall–Kier alpha value is -2.06. The summed E-state index contributed by atoms with van der Waals surface area (Å²) in [5.74, 6) is 0.921. The van der Waals surface area contributed by atoms with Crippen molar-refractivity contribution in [2.75, 3.05) is 7.11 Å². The van der Waals surface area contributed by atoms with Crippen molar-refractivity contribution in [1.82, 2.24) is 0 Å². The highest BCUT2D eigenvalue weighted by Gasteiger charge is 2.12. The number of ether oxygens (including phenoxy) is 2. The lowest BCUT2D eigenvalue weighted by molar-refractivity contribution is 0.377. The van der Waals surface area contributed by atoms with Gasteiger partial charge in [-0.15, -0.1) is 0 Å². The molecule has 2 rings (SSSR count). The van der Waals surface area contributed by atoms with E-state index in [9.17, 15) is 4.39 Å². The number of halogens is 2. The van der Waals surface area contributed by atoms with Gasteiger partial charge in [0.05, 0.1) is 18.7 Å². The molecule has 0 heterocycles. The fourth-order valence-electron chi connectivity index (χ4n) is 1.70. The third-order valence-electron chi connectivity index (χ3n) is 2.72. The van der Waals surface area contributed by atoms with Crippen molar-refractivity contribution in [1.29, 1.82) is 5.26 Å². The highest BCUT2D eigenvalue weighted by atomic mass is 79.9. The summed E-state index contributed by atoms with van der Waals surface area (Å²) < 4.78 is 24.6. The van der Waals surface area contributed by atoms with Crippen molar-refractivity contribution >= 4 is 15.9 Å². The third-order valence-corrected chi connectivity index (χ3v) is 3.28. The van der Waals surface area contributed by atoms with E-state index in [2.05, 4.69) is 15.9 Å². The lowest BCUT2D eigenvalue weighted by Gasteiger charge is -2.13. The van der Waals surface area contributed by atoms with Crippen LogP contribution in [0.2, 0.25) is 0 Å². The Morgan fingerprint density at radius 3 is 2.65 bits per heavy atom. The molecule has 0 aromatic heterocycles. The van der Waals surface area contributed by atoms with Crippen molar-refractivity contribution < 1.29 is 13.9 Å². The summed E-state index contributed by atoms with van der Waals surface area (Å²) in [5.41, 5.74) is 0.896. The largest absolute Gasteiger partial charge is 0.493 e. The van der Waals surface area contributed by atoms with Gasteiger partial charge in [0.1, 0.15) is 11.6 Å². The minimum Gasteiger partial charge on any atom is -0.493 e. The zero-order valence-electron chi connectivity index (χ0n) is 10.7. The van der Waals surface area contributed by atoms with Gasteiger partial charge < -0.3 is 9.47 Å². The summed E-state index contributed by atoms with van der Waals surface area (Å²) in [4.78, 5) is 0. The Morgan fingerprint density at radius 2 is 2.00 bits per heavy atom. The van der Waals surface area contributed by atoms with Gasteiger partial charge in [-0.25, -0.2) is 4.39 Å². The maximum Gasteiger partial charge on any atom is 0.169 e. The number of hydrogen-bond donors (Lipinski definition) is 0. The van der Waals surface area contributed by atoms with E-state index in [0.29, 0.717) is 33.7 Å². The molecular weight excluding hydrogens is 325 g/mol. The average molecular weight is 336 g/mol. The summed E-state index contributed by atoms with van der Waals surface area (Å²) in [6, 6.07) is 11.5. The molecular formula is C15H11BrFNO2. The van der Waals surface area contributed by atoms with Gasteiger partial charge in [0.25, 0.3) is 0 Å². The van der Waals surface area contributed by atoms with Crippen molar-refractivity contribution in [3.05, 3.63) is 53.3 Å². The second kappa shape index (κ2) is 6.40. The first-order valence-corrected chi connectivity index (χ1v) is 6.91. The zero-order chi connectivity index (χ0) is 14.5. The quantitative estimate of drug-likeness (QED) is 0.778. The van der Waals surface area contributed by atoms with Gasteiger partial charge in [0, 0.05) is 17.0 Å². The molecule has 0 atom stereocenters. The van der Waals surface area contributed by atoms with E-state index in [4.69, 9.17) is 14.7 Å². The van der Waals surface area contributed by atoms with Crippen LogP contribution in [0.15, 0.2) is 36.4 Å². The SMILES string of the molecule is COc1cc(C#N)ccc1Oc1cccc(F)c1CBr. The molecule has 102 valence electrons. The van der Waals surface area contributed by atoms with Crippen LogP contribution < -0.4 is 9.47 Å². The third kappa shape index (κ3) is 2.91. The van der Waals surface area contributed by atoms with Crippen LogP contribution in [0.3, 0.4) is 0 Å². The summed E-state index contributed by atoms with van der Waals surface area (Å²) in [6.45, 7) is 0. The minimum atomic E-state index is -0.341. The molecule has 0 aliphatic carbocycles. The molecule has 5 heteroatoms. The van der Waals surface area contributed by atoms with Gasteiger partial charge in [-0.2, -0.15) is 5.26 Å². The highest BCUT2D eigenvalue weighted by molar-refractivity contribution is 9.08. The lowest BCUT2D eigenvalue weighted by atomic mass is 10.2. The molecule has 2 aromatic carbocycles. The van der Waals surface area contributed by atoms with Crippen LogP contribution in [-0.2, 0) is 5.33 Å². The van der Waals surface area contributed by atoms with E-state index in [0.717, 1.165) is 0 Å². The van der Waals surface area contributed by atoms with Crippen LogP contribution in [0.4, 0.5) is 4.39 Å². The number of rotatable bonds is 4. The molecule has 0 radical (unpaired) electrons. The Bertz CT molecular complexity index is 667. The molecule has 0 spiro atoms. The second-order valence-electron chi connectivity index (χ2n) is 3.93. The molecule has 0 bridgehead atoms. The molecule has 20 heavy (non-hydrogen) atoms. The van der Waals surface area contributed by atoms with Crippen molar-refractivity contribution in [2.24, 2.45) is 0 Å². The Labute approximate surface area is 124 Å². The molecule has 2 aromatic rings. The molecule has 0 aliphatic heterocycles. The summed E-state index contributed by atoms with van der Waals surface area (Å²) in [5, 5.41) is 9.20. The molecule has 0 saturated carbocycles. The van der Waals surface area contributed by atoms with Crippen LogP contribution in [0.1, 0.15) is 11.1 Å². The van der Waals surface area contributed by atoms with Gasteiger partial charge in [-0.3, -0.25) is 0 Å². The maximum absolute atomic E-state index is 13.7. The van der Waals surface area contributed by atoms with Crippen LogP contribution >= 0.6 is 15.9 Å². The van der Waals surface area contributed by atoms with Gasteiger partial charge in [-0.1, -0.05) is 22.0 Å². The predicted octanol–water partition coefficient (Wildman–Crippen LogP) is 4.39. The number of benzene rings is 2. The molecule has 0 amide bonds. The van der Waals surface area contributed by atoms with Crippen LogP contribution in [-0.4, -0.2) is 7.11 Å². The Morgan fingerprint density at radius 1 is 1.20 bits per heavy atom. The van der Waals surface area contributed by atoms with Crippen LogP contribution in [0.25, 0.3) is 0 Å². The normalized spacial score (nSPS) is 9.90. The molecule has 3 nitrogen and oxygen atoms in total. The zero-order valence-corrected chi connectivity index (χ0v) is 12.3. The first-order valence-electron chi connectivity index (χ1n) is 5.79. The van der Waals surface area contributed by atoms with E-state index < -0.39 is 0 Å². The van der Waals surface area contributed by atoms with Crippen molar-refractivity contribution in [3.8, 4) is 23.3 Å². The van der Waals surface area contributed by atoms with E-state index in [1.165, 1.54) is 13.2 Å². The van der Waals surface area contributed by atoms with Gasteiger partial charge >= 0.3 is 0 Å². The van der Waals surface area contributed by atoms with Gasteiger partial charge in [0.15, 0.2) is 11.5 Å². The van der Waals surface area contributed by atoms with Crippen molar-refractivity contribution in [3.63, 3.8) is 0 Å². The first kappa shape index (κ1) is 14.4. The van der Waals surface area contributed by atoms with Crippen LogP contribution in [0.5, 0.6) is 17.2 Å². The topological polar surface area (TPSA) is 42.2 Å². The fraction of sp³-hybridized carbons (Fsp3) is 0.133. The fourth-order valence-corrected chi connectivity index (χ4v) is 2.25. The minimum absolute atomic E-state index is 0.341. The summed E-state index contributed by atoms with van der Waals surface area (Å²) >= 11 is 3.24. The first-order chi connectivity index (χ1) is 9.69. The highest BCUT2D eigenvalue weighted by Crippen LogP contribution is 2.35.